The second-order valence-corrected chi connectivity index (χ2v) is 6.71. The number of benzene rings is 1. The third kappa shape index (κ3) is 4.82. The number of hydrogen-bond donors (Lipinski definition) is 0. The van der Waals surface area contributed by atoms with Crippen LogP contribution in [0.3, 0.4) is 0 Å². The third-order valence-electron chi connectivity index (χ3n) is 4.77. The number of likely N-dealkylation sites (tertiary alicyclic amines) is 1. The van der Waals surface area contributed by atoms with E-state index < -0.39 is 0 Å². The summed E-state index contributed by atoms with van der Waals surface area (Å²) in [6.45, 7) is 3.21. The number of likely N-dealkylation sites (N-methyl/N-ethyl adjacent to an activating group) is 1. The molecule has 0 N–H and O–H groups in total. The van der Waals surface area contributed by atoms with Gasteiger partial charge < -0.3 is 9.64 Å². The lowest BCUT2D eigenvalue weighted by atomic mass is 10.1. The quantitative estimate of drug-likeness (QED) is 0.684. The Morgan fingerprint density at radius 2 is 1.96 bits per heavy atom. The molecule has 1 aromatic heterocycles. The molecule has 5 heteroatoms. The maximum absolute atomic E-state index is 13.1. The number of aromatic nitrogens is 1. The number of nitrogens with zero attached hydrogens (tertiary/aromatic N) is 3. The zero-order valence-electron chi connectivity index (χ0n) is 15.4. The summed E-state index contributed by atoms with van der Waals surface area (Å²) >= 11 is 0. The van der Waals surface area contributed by atoms with E-state index in [9.17, 15) is 4.79 Å². The maximum Gasteiger partial charge on any atom is 0.244 e. The van der Waals surface area contributed by atoms with Gasteiger partial charge in [0, 0.05) is 26.0 Å². The van der Waals surface area contributed by atoms with Crippen molar-refractivity contribution < 1.29 is 9.53 Å². The Morgan fingerprint density at radius 1 is 1.19 bits per heavy atom. The summed E-state index contributed by atoms with van der Waals surface area (Å²) in [4.78, 5) is 21.4. The standard InChI is InChI=1S/C21H27N3O2/c1-23(13-8-16-26-19-10-3-2-4-11-19)21(25)20(24-14-5-6-15-24)18-9-7-12-22-17-18/h2-4,7,9-12,17,20H,5-6,8,13-16H2,1H3. The second kappa shape index (κ2) is 9.34. The van der Waals surface area contributed by atoms with Crippen molar-refractivity contribution in [2.24, 2.45) is 0 Å². The number of rotatable bonds is 8. The Labute approximate surface area is 155 Å². The molecule has 3 rings (SSSR count). The smallest absolute Gasteiger partial charge is 0.244 e. The Bertz CT molecular complexity index is 672. The Morgan fingerprint density at radius 3 is 2.65 bits per heavy atom. The number of ether oxygens (including phenoxy) is 1. The van der Waals surface area contributed by atoms with E-state index in [0.717, 1.165) is 43.7 Å². The summed E-state index contributed by atoms with van der Waals surface area (Å²) in [5, 5.41) is 0. The largest absolute Gasteiger partial charge is 0.494 e. The van der Waals surface area contributed by atoms with Crippen molar-refractivity contribution in [2.75, 3.05) is 33.3 Å². The summed E-state index contributed by atoms with van der Waals surface area (Å²) in [7, 11) is 1.88. The van der Waals surface area contributed by atoms with Gasteiger partial charge in [0.05, 0.1) is 6.61 Å². The highest BCUT2D eigenvalue weighted by molar-refractivity contribution is 5.83. The highest BCUT2D eigenvalue weighted by Crippen LogP contribution is 2.26. The molecule has 1 aliphatic rings. The fraction of sp³-hybridized carbons (Fsp3) is 0.429. The van der Waals surface area contributed by atoms with Gasteiger partial charge >= 0.3 is 0 Å². The van der Waals surface area contributed by atoms with Crippen molar-refractivity contribution in [3.05, 3.63) is 60.4 Å². The molecule has 138 valence electrons. The SMILES string of the molecule is CN(CCCOc1ccccc1)C(=O)C(c1cccnc1)N1CCCC1. The lowest BCUT2D eigenvalue weighted by Crippen LogP contribution is -2.41. The zero-order valence-corrected chi connectivity index (χ0v) is 15.4. The summed E-state index contributed by atoms with van der Waals surface area (Å²) in [6.07, 6.45) is 6.67. The average Bonchev–Trinajstić information content (AvgIpc) is 3.21. The zero-order chi connectivity index (χ0) is 18.2. The Balaban J connectivity index is 1.55. The highest BCUT2D eigenvalue weighted by atomic mass is 16.5. The maximum atomic E-state index is 13.1. The van der Waals surface area contributed by atoms with Crippen molar-refractivity contribution >= 4 is 5.91 Å². The van der Waals surface area contributed by atoms with Crippen LogP contribution in [0.4, 0.5) is 0 Å². The molecule has 1 atom stereocenters. The first-order chi connectivity index (χ1) is 12.8. The molecule has 1 unspecified atom stereocenters. The van der Waals surface area contributed by atoms with Crippen molar-refractivity contribution in [3.63, 3.8) is 0 Å². The molecular formula is C21H27N3O2. The predicted molar refractivity (Wildman–Crippen MR) is 102 cm³/mol. The van der Waals surface area contributed by atoms with Gasteiger partial charge in [-0.2, -0.15) is 0 Å². The van der Waals surface area contributed by atoms with Crippen LogP contribution in [0.15, 0.2) is 54.9 Å². The molecule has 26 heavy (non-hydrogen) atoms. The number of carbonyl (C=O) groups excluding carboxylic acids is 1. The molecule has 0 spiro atoms. The molecule has 2 aromatic rings. The van der Waals surface area contributed by atoms with E-state index in [2.05, 4.69) is 9.88 Å². The number of amides is 1. The lowest BCUT2D eigenvalue weighted by Gasteiger charge is -2.30. The number of carbonyl (C=O) groups is 1. The van der Waals surface area contributed by atoms with Crippen LogP contribution in [-0.4, -0.2) is 54.0 Å². The van der Waals surface area contributed by atoms with E-state index in [-0.39, 0.29) is 11.9 Å². The van der Waals surface area contributed by atoms with Gasteiger partial charge in [-0.15, -0.1) is 0 Å². The van der Waals surface area contributed by atoms with Crippen LogP contribution in [-0.2, 0) is 4.79 Å². The molecule has 1 amide bonds. The molecule has 1 aromatic carbocycles. The van der Waals surface area contributed by atoms with Crippen molar-refractivity contribution in [3.8, 4) is 5.75 Å². The summed E-state index contributed by atoms with van der Waals surface area (Å²) < 4.78 is 5.72. The minimum Gasteiger partial charge on any atom is -0.494 e. The Kier molecular flexibility index (Phi) is 6.61. The van der Waals surface area contributed by atoms with Crippen LogP contribution in [0.5, 0.6) is 5.75 Å². The fourth-order valence-corrected chi connectivity index (χ4v) is 3.37. The van der Waals surface area contributed by atoms with E-state index in [1.54, 1.807) is 6.20 Å². The molecular weight excluding hydrogens is 326 g/mol. The number of para-hydroxylation sites is 1. The molecule has 0 bridgehead atoms. The molecule has 1 fully saturated rings. The van der Waals surface area contributed by atoms with E-state index in [1.807, 2.05) is 60.6 Å². The minimum absolute atomic E-state index is 0.139. The fourth-order valence-electron chi connectivity index (χ4n) is 3.37. The predicted octanol–water partition coefficient (Wildman–Crippen LogP) is 3.15. The van der Waals surface area contributed by atoms with Crippen molar-refractivity contribution in [1.29, 1.82) is 0 Å². The summed E-state index contributed by atoms with van der Waals surface area (Å²) in [6, 6.07) is 13.4. The first-order valence-corrected chi connectivity index (χ1v) is 9.32. The lowest BCUT2D eigenvalue weighted by molar-refractivity contribution is -0.135. The topological polar surface area (TPSA) is 45.7 Å². The third-order valence-corrected chi connectivity index (χ3v) is 4.77. The minimum atomic E-state index is -0.230. The molecule has 1 aliphatic heterocycles. The first-order valence-electron chi connectivity index (χ1n) is 9.32. The molecule has 0 aliphatic carbocycles. The van der Waals surface area contributed by atoms with Gasteiger partial charge in [0.2, 0.25) is 5.91 Å². The highest BCUT2D eigenvalue weighted by Gasteiger charge is 2.31. The monoisotopic (exact) mass is 353 g/mol. The van der Waals surface area contributed by atoms with Crippen molar-refractivity contribution in [2.45, 2.75) is 25.3 Å². The van der Waals surface area contributed by atoms with Crippen LogP contribution in [0, 0.1) is 0 Å². The molecule has 5 nitrogen and oxygen atoms in total. The van der Waals surface area contributed by atoms with E-state index in [4.69, 9.17) is 4.74 Å². The van der Waals surface area contributed by atoms with Gasteiger partial charge in [0.1, 0.15) is 11.8 Å². The van der Waals surface area contributed by atoms with Crippen LogP contribution >= 0.6 is 0 Å². The number of pyridine rings is 1. The molecule has 1 saturated heterocycles. The summed E-state index contributed by atoms with van der Waals surface area (Å²) in [5.41, 5.74) is 0.979. The Hall–Kier alpha value is -2.40. The molecule has 0 saturated carbocycles. The van der Waals surface area contributed by atoms with E-state index in [1.165, 1.54) is 0 Å². The van der Waals surface area contributed by atoms with Crippen LogP contribution in [0.2, 0.25) is 0 Å². The van der Waals surface area contributed by atoms with Gasteiger partial charge in [-0.1, -0.05) is 24.3 Å². The number of hydrogen-bond acceptors (Lipinski definition) is 4. The first kappa shape index (κ1) is 18.4. The van der Waals surface area contributed by atoms with Gasteiger partial charge in [-0.3, -0.25) is 14.7 Å². The van der Waals surface area contributed by atoms with Gasteiger partial charge in [-0.05, 0) is 56.1 Å². The average molecular weight is 353 g/mol. The van der Waals surface area contributed by atoms with Crippen LogP contribution < -0.4 is 4.74 Å². The van der Waals surface area contributed by atoms with Crippen LogP contribution in [0.1, 0.15) is 30.9 Å². The van der Waals surface area contributed by atoms with Crippen molar-refractivity contribution in [1.82, 2.24) is 14.8 Å². The normalized spacial score (nSPS) is 15.6. The van der Waals surface area contributed by atoms with Gasteiger partial charge in [-0.25, -0.2) is 0 Å². The van der Waals surface area contributed by atoms with Crippen LogP contribution in [0.25, 0.3) is 0 Å². The summed E-state index contributed by atoms with van der Waals surface area (Å²) in [5.74, 6) is 1.01. The second-order valence-electron chi connectivity index (χ2n) is 6.71. The van der Waals surface area contributed by atoms with Gasteiger partial charge in [0.25, 0.3) is 0 Å². The molecule has 0 radical (unpaired) electrons. The van der Waals surface area contributed by atoms with Gasteiger partial charge in [0.15, 0.2) is 0 Å². The van der Waals surface area contributed by atoms with E-state index >= 15 is 0 Å². The molecule has 2 heterocycles. The van der Waals surface area contributed by atoms with E-state index in [0.29, 0.717) is 13.2 Å².